The van der Waals surface area contributed by atoms with Crippen molar-refractivity contribution < 1.29 is 4.55 Å². The molecule has 2 aliphatic rings. The summed E-state index contributed by atoms with van der Waals surface area (Å²) < 4.78 is 11.6. The summed E-state index contributed by atoms with van der Waals surface area (Å²) in [7, 11) is 0. The number of hydrogen-bond donors (Lipinski definition) is 1. The Morgan fingerprint density at radius 1 is 1.08 bits per heavy atom. The first-order valence-corrected chi connectivity index (χ1v) is 10.6. The number of anilines is 2. The molecule has 25 heavy (non-hydrogen) atoms. The molecule has 2 fully saturated rings. The summed E-state index contributed by atoms with van der Waals surface area (Å²) in [4.78, 5) is 19.7. The van der Waals surface area contributed by atoms with E-state index in [0.29, 0.717) is 47.5 Å². The molecule has 2 aromatic rings. The molecule has 0 bridgehead atoms. The molecule has 3 heterocycles. The van der Waals surface area contributed by atoms with E-state index < -0.39 is 11.2 Å². The van der Waals surface area contributed by atoms with E-state index >= 15 is 0 Å². The average molecular weight is 381 g/mol. The fraction of sp³-hybridized carbons (Fsp3) is 0.625. The number of nitrogens with zero attached hydrogens (tertiary/aromatic N) is 5. The van der Waals surface area contributed by atoms with Gasteiger partial charge in [-0.3, -0.25) is 0 Å². The van der Waals surface area contributed by atoms with Gasteiger partial charge in [-0.2, -0.15) is 4.98 Å². The molecule has 0 amide bonds. The van der Waals surface area contributed by atoms with Crippen molar-refractivity contribution >= 4 is 45.4 Å². The molecule has 1 aliphatic heterocycles. The fourth-order valence-electron chi connectivity index (χ4n) is 3.52. The molecule has 1 saturated heterocycles. The molecule has 134 valence electrons. The molecular formula is C16H21ClN6OS. The second kappa shape index (κ2) is 7.47. The minimum Gasteiger partial charge on any atom is -0.616 e. The van der Waals surface area contributed by atoms with Crippen molar-refractivity contribution in [2.45, 2.75) is 38.1 Å². The predicted octanol–water partition coefficient (Wildman–Crippen LogP) is 2.39. The zero-order valence-corrected chi connectivity index (χ0v) is 15.5. The first-order valence-electron chi connectivity index (χ1n) is 8.75. The second-order valence-electron chi connectivity index (χ2n) is 6.55. The van der Waals surface area contributed by atoms with Gasteiger partial charge in [-0.05, 0) is 24.4 Å². The molecule has 0 aromatic carbocycles. The molecule has 7 nitrogen and oxygen atoms in total. The Kier molecular flexibility index (Phi) is 5.10. The third-order valence-corrected chi connectivity index (χ3v) is 6.30. The first kappa shape index (κ1) is 17.1. The van der Waals surface area contributed by atoms with Gasteiger partial charge in [-0.25, -0.2) is 15.0 Å². The molecule has 0 radical (unpaired) electrons. The number of fused-ring (bicyclic) bond motifs is 1. The molecule has 1 N–H and O–H groups in total. The predicted molar refractivity (Wildman–Crippen MR) is 101 cm³/mol. The van der Waals surface area contributed by atoms with Crippen LogP contribution in [0.1, 0.15) is 32.1 Å². The number of aromatic nitrogens is 4. The van der Waals surface area contributed by atoms with Crippen molar-refractivity contribution in [3.05, 3.63) is 11.6 Å². The van der Waals surface area contributed by atoms with Gasteiger partial charge in [0.1, 0.15) is 28.9 Å². The van der Waals surface area contributed by atoms with E-state index in [1.807, 2.05) is 0 Å². The maximum atomic E-state index is 11.6. The van der Waals surface area contributed by atoms with Crippen LogP contribution >= 0.6 is 11.6 Å². The van der Waals surface area contributed by atoms with Gasteiger partial charge in [0.25, 0.3) is 0 Å². The van der Waals surface area contributed by atoms with E-state index in [0.717, 1.165) is 18.7 Å². The lowest BCUT2D eigenvalue weighted by Crippen LogP contribution is -2.41. The number of hydrogen-bond acceptors (Lipinski definition) is 7. The molecule has 1 aliphatic carbocycles. The van der Waals surface area contributed by atoms with Crippen LogP contribution in [0.25, 0.3) is 11.0 Å². The van der Waals surface area contributed by atoms with E-state index in [-0.39, 0.29) is 5.28 Å². The maximum Gasteiger partial charge on any atom is 0.225 e. The number of rotatable bonds is 3. The Morgan fingerprint density at radius 2 is 1.84 bits per heavy atom. The normalized spacial score (nSPS) is 20.2. The molecule has 2 aromatic heterocycles. The van der Waals surface area contributed by atoms with Crippen LogP contribution in [0.4, 0.5) is 11.6 Å². The van der Waals surface area contributed by atoms with Crippen LogP contribution in [0.5, 0.6) is 0 Å². The Morgan fingerprint density at radius 3 is 2.60 bits per heavy atom. The second-order valence-corrected chi connectivity index (χ2v) is 8.58. The first-order chi connectivity index (χ1) is 12.2. The molecule has 1 saturated carbocycles. The van der Waals surface area contributed by atoms with E-state index in [2.05, 4.69) is 30.2 Å². The van der Waals surface area contributed by atoms with Crippen molar-refractivity contribution in [3.8, 4) is 0 Å². The summed E-state index contributed by atoms with van der Waals surface area (Å²) in [5.41, 5.74) is 1.36. The fourth-order valence-corrected chi connectivity index (χ4v) is 4.74. The van der Waals surface area contributed by atoms with Crippen molar-refractivity contribution in [3.63, 3.8) is 0 Å². The van der Waals surface area contributed by atoms with Crippen LogP contribution in [0.2, 0.25) is 5.28 Å². The van der Waals surface area contributed by atoms with Crippen LogP contribution < -0.4 is 10.2 Å². The van der Waals surface area contributed by atoms with Crippen molar-refractivity contribution in [1.29, 1.82) is 0 Å². The molecule has 9 heteroatoms. The SMILES string of the molecule is [O-][S+]1CCN(c2nc(Cl)nc3c(NC4CCCCC4)ncnc23)CC1. The highest BCUT2D eigenvalue weighted by atomic mass is 35.5. The molecule has 0 spiro atoms. The Hall–Kier alpha value is -1.38. The topological polar surface area (TPSA) is 89.9 Å². The molecule has 0 atom stereocenters. The molecule has 4 rings (SSSR count). The van der Waals surface area contributed by atoms with Crippen LogP contribution in [0, 0.1) is 0 Å². The minimum absolute atomic E-state index is 0.190. The van der Waals surface area contributed by atoms with Gasteiger partial charge in [0.05, 0.1) is 13.1 Å². The monoisotopic (exact) mass is 380 g/mol. The quantitative estimate of drug-likeness (QED) is 0.645. The summed E-state index contributed by atoms with van der Waals surface area (Å²) >= 11 is 5.45. The van der Waals surface area contributed by atoms with Gasteiger partial charge in [0.15, 0.2) is 11.6 Å². The summed E-state index contributed by atoms with van der Waals surface area (Å²) in [5.74, 6) is 2.71. The minimum atomic E-state index is -0.746. The van der Waals surface area contributed by atoms with E-state index in [9.17, 15) is 4.55 Å². The van der Waals surface area contributed by atoms with Crippen molar-refractivity contribution in [1.82, 2.24) is 19.9 Å². The lowest BCUT2D eigenvalue weighted by Gasteiger charge is -2.29. The van der Waals surface area contributed by atoms with E-state index in [1.54, 1.807) is 6.33 Å². The maximum absolute atomic E-state index is 11.6. The third kappa shape index (κ3) is 3.75. The third-order valence-electron chi connectivity index (χ3n) is 4.86. The summed E-state index contributed by atoms with van der Waals surface area (Å²) in [6.45, 7) is 1.37. The Balaban J connectivity index is 1.69. The Bertz CT molecular complexity index is 749. The zero-order valence-electron chi connectivity index (χ0n) is 13.9. The van der Waals surface area contributed by atoms with E-state index in [1.165, 1.54) is 19.3 Å². The lowest BCUT2D eigenvalue weighted by molar-refractivity contribution is 0.462. The van der Waals surface area contributed by atoms with Gasteiger partial charge >= 0.3 is 0 Å². The summed E-state index contributed by atoms with van der Waals surface area (Å²) in [5, 5.41) is 3.71. The van der Waals surface area contributed by atoms with Gasteiger partial charge in [0.2, 0.25) is 5.28 Å². The summed E-state index contributed by atoms with van der Waals surface area (Å²) in [6, 6.07) is 0.418. The summed E-state index contributed by atoms with van der Waals surface area (Å²) in [6.07, 6.45) is 7.64. The highest BCUT2D eigenvalue weighted by molar-refractivity contribution is 7.91. The van der Waals surface area contributed by atoms with Crippen LogP contribution in [0.15, 0.2) is 6.33 Å². The van der Waals surface area contributed by atoms with Crippen LogP contribution in [-0.4, -0.2) is 55.1 Å². The van der Waals surface area contributed by atoms with Gasteiger partial charge in [-0.1, -0.05) is 30.4 Å². The number of nitrogens with one attached hydrogen (secondary N) is 1. The van der Waals surface area contributed by atoms with Gasteiger partial charge < -0.3 is 14.8 Å². The average Bonchev–Trinajstić information content (AvgIpc) is 2.63. The molecule has 0 unspecified atom stereocenters. The van der Waals surface area contributed by atoms with Gasteiger partial charge in [-0.15, -0.1) is 0 Å². The van der Waals surface area contributed by atoms with E-state index in [4.69, 9.17) is 11.6 Å². The highest BCUT2D eigenvalue weighted by Gasteiger charge is 2.25. The standard InChI is InChI=1S/C16H21ClN6OS/c17-16-21-12-13(15(22-16)23-6-8-25(24)9-7-23)18-10-19-14(12)20-11-4-2-1-3-5-11/h10-11H,1-9H2,(H,18,19,20). The largest absolute Gasteiger partial charge is 0.616 e. The Labute approximate surface area is 154 Å². The highest BCUT2D eigenvalue weighted by Crippen LogP contribution is 2.29. The smallest absolute Gasteiger partial charge is 0.225 e. The van der Waals surface area contributed by atoms with Gasteiger partial charge in [0, 0.05) is 6.04 Å². The van der Waals surface area contributed by atoms with Crippen LogP contribution in [-0.2, 0) is 11.2 Å². The molecular weight excluding hydrogens is 360 g/mol. The van der Waals surface area contributed by atoms with Crippen LogP contribution in [0.3, 0.4) is 0 Å². The zero-order chi connectivity index (χ0) is 17.2. The number of halogens is 1. The van der Waals surface area contributed by atoms with Crippen molar-refractivity contribution in [2.75, 3.05) is 34.8 Å². The van der Waals surface area contributed by atoms with Crippen molar-refractivity contribution in [2.24, 2.45) is 0 Å². The lowest BCUT2D eigenvalue weighted by atomic mass is 9.95.